The number of fused-ring (bicyclic) bond motifs is 1. The maximum Gasteiger partial charge on any atom is 0.416 e. The van der Waals surface area contributed by atoms with Gasteiger partial charge >= 0.3 is 6.18 Å². The number of rotatable bonds is 9. The van der Waals surface area contributed by atoms with Crippen molar-refractivity contribution in [3.8, 4) is 28.6 Å². The van der Waals surface area contributed by atoms with Crippen molar-refractivity contribution in [1.82, 2.24) is 24.6 Å². The van der Waals surface area contributed by atoms with Gasteiger partial charge in [0, 0.05) is 36.7 Å². The molecule has 1 saturated carbocycles. The molecule has 2 aromatic carbocycles. The number of piperidine rings is 1. The highest BCUT2D eigenvalue weighted by molar-refractivity contribution is 6.10. The zero-order valence-electron chi connectivity index (χ0n) is 27.8. The van der Waals surface area contributed by atoms with Gasteiger partial charge in [-0.25, -0.2) is 4.98 Å². The lowest BCUT2D eigenvalue weighted by Gasteiger charge is -2.47. The molecule has 1 aliphatic carbocycles. The predicted octanol–water partition coefficient (Wildman–Crippen LogP) is 6.42. The minimum atomic E-state index is -4.64. The van der Waals surface area contributed by atoms with Crippen molar-refractivity contribution in [2.24, 2.45) is 18.4 Å². The van der Waals surface area contributed by atoms with E-state index in [0.717, 1.165) is 45.6 Å². The minimum Gasteiger partial charge on any atom is -0.380 e. The number of aryl methyl sites for hydroxylation is 1. The normalized spacial score (nSPS) is 18.6. The molecule has 2 aromatic heterocycles. The number of halogens is 3. The van der Waals surface area contributed by atoms with Crippen molar-refractivity contribution >= 4 is 17.5 Å². The topological polar surface area (TPSA) is 112 Å². The predicted molar refractivity (Wildman–Crippen MR) is 180 cm³/mol. The first-order valence-corrected chi connectivity index (χ1v) is 17.1. The molecule has 0 bridgehead atoms. The van der Waals surface area contributed by atoms with E-state index in [1.165, 1.54) is 23.8 Å². The molecule has 10 nitrogen and oxygen atoms in total. The third-order valence-corrected chi connectivity index (χ3v) is 10.6. The maximum atomic E-state index is 14.6. The Balaban J connectivity index is 1.16. The molecule has 13 heteroatoms. The molecule has 3 fully saturated rings. The zero-order chi connectivity index (χ0) is 34.6. The van der Waals surface area contributed by atoms with Gasteiger partial charge < -0.3 is 14.6 Å². The highest BCUT2D eigenvalue weighted by Gasteiger charge is 2.43. The van der Waals surface area contributed by atoms with Gasteiger partial charge in [-0.15, -0.1) is 10.2 Å². The molecule has 1 N–H and O–H groups in total. The smallest absolute Gasteiger partial charge is 0.380 e. The van der Waals surface area contributed by atoms with Crippen LogP contribution in [0.1, 0.15) is 64.7 Å². The van der Waals surface area contributed by atoms with Gasteiger partial charge in [-0.05, 0) is 103 Å². The Hall–Kier alpha value is -4.80. The van der Waals surface area contributed by atoms with E-state index in [1.54, 1.807) is 41.2 Å². The van der Waals surface area contributed by atoms with Crippen LogP contribution in [0.2, 0.25) is 0 Å². The van der Waals surface area contributed by atoms with E-state index in [-0.39, 0.29) is 28.9 Å². The van der Waals surface area contributed by atoms with Crippen molar-refractivity contribution in [2.75, 3.05) is 43.1 Å². The largest absolute Gasteiger partial charge is 0.416 e. The van der Waals surface area contributed by atoms with E-state index in [0.29, 0.717) is 58.5 Å². The van der Waals surface area contributed by atoms with Crippen LogP contribution in [0.3, 0.4) is 0 Å². The fourth-order valence-electron chi connectivity index (χ4n) is 7.41. The first-order chi connectivity index (χ1) is 24.1. The molecule has 258 valence electrons. The zero-order valence-corrected chi connectivity index (χ0v) is 27.8. The molecule has 3 aliphatic heterocycles. The van der Waals surface area contributed by atoms with Crippen LogP contribution in [-0.4, -0.2) is 63.4 Å². The summed E-state index contributed by atoms with van der Waals surface area (Å²) in [6, 6.07) is 13.8. The van der Waals surface area contributed by atoms with Crippen LogP contribution in [0.5, 0.6) is 0 Å². The Kier molecular flexibility index (Phi) is 8.11. The first-order valence-electron chi connectivity index (χ1n) is 17.1. The van der Waals surface area contributed by atoms with Crippen molar-refractivity contribution in [2.45, 2.75) is 51.4 Å². The van der Waals surface area contributed by atoms with Gasteiger partial charge in [-0.2, -0.15) is 18.4 Å². The van der Waals surface area contributed by atoms with Crippen LogP contribution in [-0.2, 0) is 31.1 Å². The number of likely N-dealkylation sites (tertiary alicyclic amines) is 1. The number of aromatic nitrogens is 4. The van der Waals surface area contributed by atoms with Crippen LogP contribution < -0.4 is 10.2 Å². The minimum absolute atomic E-state index is 0.0443. The van der Waals surface area contributed by atoms with Gasteiger partial charge in [0.05, 0.1) is 37.0 Å². The number of anilines is 2. The van der Waals surface area contributed by atoms with Crippen LogP contribution in [0.15, 0.2) is 48.8 Å². The highest BCUT2D eigenvalue weighted by atomic mass is 19.4. The number of nitrogens with zero attached hydrogens (tertiary/aromatic N) is 7. The van der Waals surface area contributed by atoms with Crippen LogP contribution in [0.4, 0.5) is 24.8 Å². The Bertz CT molecular complexity index is 2000. The summed E-state index contributed by atoms with van der Waals surface area (Å²) in [6.45, 7) is 3.79. The summed E-state index contributed by atoms with van der Waals surface area (Å²) in [5.74, 6) is 1.43. The summed E-state index contributed by atoms with van der Waals surface area (Å²) in [7, 11) is 1.82. The molecule has 1 amide bonds. The van der Waals surface area contributed by atoms with Crippen LogP contribution in [0, 0.1) is 22.7 Å². The molecule has 4 aromatic rings. The standard InChI is InChI=1S/C37H37F3N8O2/c1-46-22-43-45-34(46)27-5-4-24(17-41)12-28(27)26-15-32(42-9-6-23-2-3-23)44-33(16-26)48-19-30-29(35(48)49)13-25(14-31(30)37(38,39)40)18-47-10-7-36(8-11-47)20-50-21-36/h4-5,12-16,22-23H,2-3,6-11,18-21H2,1H3,(H,42,44). The van der Waals surface area contributed by atoms with Crippen LogP contribution in [0.25, 0.3) is 22.5 Å². The van der Waals surface area contributed by atoms with Gasteiger partial charge in [0.1, 0.15) is 18.0 Å². The molecule has 1 spiro atoms. The summed E-state index contributed by atoms with van der Waals surface area (Å²) in [4.78, 5) is 22.4. The molecule has 0 radical (unpaired) electrons. The van der Waals surface area contributed by atoms with Gasteiger partial charge in [-0.1, -0.05) is 12.8 Å². The Labute approximate surface area is 287 Å². The molecular weight excluding hydrogens is 645 g/mol. The molecule has 8 rings (SSSR count). The van der Waals surface area contributed by atoms with Crippen molar-refractivity contribution in [3.05, 3.63) is 76.6 Å². The quantitative estimate of drug-likeness (QED) is 0.215. The average Bonchev–Trinajstić information content (AvgIpc) is 3.72. The number of carbonyl (C=O) groups excluding carboxylic acids is 1. The SMILES string of the molecule is Cn1cnnc1-c1ccc(C#N)cc1-c1cc(NCCC2CC2)nc(N2Cc3c(cc(CN4CCC5(CC4)COC5)cc3C(F)(F)F)C2=O)c1. The number of hydrogen-bond donors (Lipinski definition) is 1. The first kappa shape index (κ1) is 32.4. The van der Waals surface area contributed by atoms with Crippen LogP contribution >= 0.6 is 0 Å². The Morgan fingerprint density at radius 2 is 1.86 bits per heavy atom. The van der Waals surface area contributed by atoms with Gasteiger partial charge in [-0.3, -0.25) is 14.6 Å². The number of hydrogen-bond acceptors (Lipinski definition) is 8. The second-order valence-electron chi connectivity index (χ2n) is 14.2. The van der Waals surface area contributed by atoms with E-state index in [2.05, 4.69) is 26.5 Å². The number of pyridine rings is 1. The number of alkyl halides is 3. The lowest BCUT2D eigenvalue weighted by molar-refractivity contribution is -0.140. The van der Waals surface area contributed by atoms with Crippen molar-refractivity contribution < 1.29 is 22.7 Å². The molecule has 2 saturated heterocycles. The Morgan fingerprint density at radius 3 is 2.52 bits per heavy atom. The summed E-state index contributed by atoms with van der Waals surface area (Å²) in [5.41, 5.74) is 2.33. The number of benzene rings is 2. The Morgan fingerprint density at radius 1 is 1.06 bits per heavy atom. The lowest BCUT2D eigenvalue weighted by Crippen LogP contribution is -2.50. The number of ether oxygens (including phenoxy) is 1. The molecule has 0 unspecified atom stereocenters. The summed E-state index contributed by atoms with van der Waals surface area (Å²) in [5, 5.41) is 21.5. The molecule has 0 atom stereocenters. The monoisotopic (exact) mass is 682 g/mol. The van der Waals surface area contributed by atoms with E-state index < -0.39 is 17.6 Å². The van der Waals surface area contributed by atoms with E-state index in [1.807, 2.05) is 13.1 Å². The second-order valence-corrected chi connectivity index (χ2v) is 14.2. The van der Waals surface area contributed by atoms with Gasteiger partial charge in [0.25, 0.3) is 5.91 Å². The fraction of sp³-hybridized carbons (Fsp3) is 0.432. The number of amides is 1. The van der Waals surface area contributed by atoms with E-state index >= 15 is 0 Å². The maximum absolute atomic E-state index is 14.6. The number of nitrogens with one attached hydrogen (secondary N) is 1. The lowest BCUT2D eigenvalue weighted by atomic mass is 9.77. The average molecular weight is 683 g/mol. The van der Waals surface area contributed by atoms with Gasteiger partial charge in [0.15, 0.2) is 5.82 Å². The number of nitriles is 1. The van der Waals surface area contributed by atoms with Crippen molar-refractivity contribution in [1.29, 1.82) is 5.26 Å². The third kappa shape index (κ3) is 6.22. The van der Waals surface area contributed by atoms with Crippen molar-refractivity contribution in [3.63, 3.8) is 0 Å². The number of carbonyl (C=O) groups is 1. The summed E-state index contributed by atoms with van der Waals surface area (Å²) < 4.78 is 51.1. The summed E-state index contributed by atoms with van der Waals surface area (Å²) >= 11 is 0. The van der Waals surface area contributed by atoms with E-state index in [9.17, 15) is 23.2 Å². The van der Waals surface area contributed by atoms with E-state index in [4.69, 9.17) is 9.72 Å². The van der Waals surface area contributed by atoms with Gasteiger partial charge in [0.2, 0.25) is 0 Å². The molecular formula is C37H37F3N8O2. The fourth-order valence-corrected chi connectivity index (χ4v) is 7.41. The summed E-state index contributed by atoms with van der Waals surface area (Å²) in [6.07, 6.45) is 2.20. The molecule has 4 aliphatic rings. The molecule has 5 heterocycles. The molecule has 50 heavy (non-hydrogen) atoms. The third-order valence-electron chi connectivity index (χ3n) is 10.6. The highest BCUT2D eigenvalue weighted by Crippen LogP contribution is 2.43. The second kappa shape index (κ2) is 12.5.